The fourth-order valence-corrected chi connectivity index (χ4v) is 1.25. The van der Waals surface area contributed by atoms with Gasteiger partial charge < -0.3 is 15.2 Å². The number of nitrogens with one attached hydrogen (secondary N) is 1. The summed E-state index contributed by atoms with van der Waals surface area (Å²) < 4.78 is 18.5. The molecular weight excluding hydrogens is 241 g/mol. The molecule has 1 rings (SSSR count). The normalized spacial score (nSPS) is 10.9. The molecule has 0 saturated carbocycles. The molecule has 0 unspecified atom stereocenters. The first kappa shape index (κ1) is 14.0. The van der Waals surface area contributed by atoms with Gasteiger partial charge in [0.25, 0.3) is 5.91 Å². The molecule has 1 aromatic carbocycles. The van der Waals surface area contributed by atoms with Crippen molar-refractivity contribution in [3.63, 3.8) is 0 Å². The molecule has 0 aliphatic heterocycles. The highest BCUT2D eigenvalue weighted by atomic mass is 19.1. The maximum Gasteiger partial charge on any atom is 0.328 e. The number of carbonyl (C=O) groups is 2. The van der Waals surface area contributed by atoms with Crippen molar-refractivity contribution in [2.24, 2.45) is 0 Å². The van der Waals surface area contributed by atoms with Crippen molar-refractivity contribution < 1.29 is 23.8 Å². The number of hydrogen-bond acceptors (Lipinski definition) is 3. The highest BCUT2D eigenvalue weighted by Crippen LogP contribution is 2.20. The number of rotatable bonds is 4. The highest BCUT2D eigenvalue weighted by molar-refractivity contribution is 5.98. The van der Waals surface area contributed by atoms with Gasteiger partial charge in [0.1, 0.15) is 5.54 Å². The standard InChI is InChI=1S/C12H14FNO4/c1-12(2,11(16)17)14-10(15)7-5-4-6-8(18-3)9(7)13/h4-6H,1-3H3,(H,14,15)(H,16,17). The van der Waals surface area contributed by atoms with E-state index in [-0.39, 0.29) is 11.3 Å². The van der Waals surface area contributed by atoms with Gasteiger partial charge in [0, 0.05) is 0 Å². The molecule has 0 bridgehead atoms. The van der Waals surface area contributed by atoms with Crippen molar-refractivity contribution in [1.29, 1.82) is 0 Å². The van der Waals surface area contributed by atoms with E-state index in [1.807, 2.05) is 0 Å². The lowest BCUT2D eigenvalue weighted by Gasteiger charge is -2.21. The summed E-state index contributed by atoms with van der Waals surface area (Å²) in [5.74, 6) is -2.91. The Kier molecular flexibility index (Phi) is 3.90. The van der Waals surface area contributed by atoms with Crippen LogP contribution in [0.3, 0.4) is 0 Å². The van der Waals surface area contributed by atoms with Crippen LogP contribution >= 0.6 is 0 Å². The number of carboxylic acids is 1. The van der Waals surface area contributed by atoms with E-state index in [1.165, 1.54) is 39.2 Å². The molecule has 0 spiro atoms. The summed E-state index contributed by atoms with van der Waals surface area (Å²) in [5.41, 5.74) is -1.74. The Morgan fingerprint density at radius 2 is 2.00 bits per heavy atom. The molecule has 6 heteroatoms. The predicted molar refractivity (Wildman–Crippen MR) is 62.1 cm³/mol. The van der Waals surface area contributed by atoms with E-state index < -0.39 is 23.2 Å². The van der Waals surface area contributed by atoms with E-state index in [2.05, 4.69) is 5.32 Å². The van der Waals surface area contributed by atoms with Crippen LogP contribution in [-0.4, -0.2) is 29.6 Å². The minimum absolute atomic E-state index is 0.0734. The maximum atomic E-state index is 13.8. The lowest BCUT2D eigenvalue weighted by Crippen LogP contribution is -2.49. The number of aliphatic carboxylic acids is 1. The highest BCUT2D eigenvalue weighted by Gasteiger charge is 2.30. The second kappa shape index (κ2) is 5.03. The second-order valence-corrected chi connectivity index (χ2v) is 4.21. The zero-order valence-corrected chi connectivity index (χ0v) is 10.3. The molecule has 0 aromatic heterocycles. The molecule has 1 aromatic rings. The molecule has 2 N–H and O–H groups in total. The van der Waals surface area contributed by atoms with E-state index >= 15 is 0 Å². The van der Waals surface area contributed by atoms with Crippen LogP contribution in [-0.2, 0) is 4.79 Å². The van der Waals surface area contributed by atoms with Gasteiger partial charge in [-0.2, -0.15) is 0 Å². The van der Waals surface area contributed by atoms with Crippen LogP contribution in [0.25, 0.3) is 0 Å². The van der Waals surface area contributed by atoms with Gasteiger partial charge in [-0.05, 0) is 26.0 Å². The third-order valence-electron chi connectivity index (χ3n) is 2.39. The Labute approximate surface area is 104 Å². The minimum Gasteiger partial charge on any atom is -0.494 e. The predicted octanol–water partition coefficient (Wildman–Crippen LogP) is 1.43. The Morgan fingerprint density at radius 1 is 1.39 bits per heavy atom. The van der Waals surface area contributed by atoms with Crippen molar-refractivity contribution in [2.45, 2.75) is 19.4 Å². The van der Waals surface area contributed by atoms with Crippen molar-refractivity contribution in [3.05, 3.63) is 29.6 Å². The van der Waals surface area contributed by atoms with E-state index in [4.69, 9.17) is 9.84 Å². The second-order valence-electron chi connectivity index (χ2n) is 4.21. The summed E-state index contributed by atoms with van der Waals surface area (Å²) >= 11 is 0. The van der Waals surface area contributed by atoms with Gasteiger partial charge in [0.05, 0.1) is 12.7 Å². The third-order valence-corrected chi connectivity index (χ3v) is 2.39. The van der Waals surface area contributed by atoms with E-state index in [0.29, 0.717) is 0 Å². The average Bonchev–Trinajstić information content (AvgIpc) is 2.28. The molecule has 0 fully saturated rings. The number of carboxylic acid groups (broad SMARTS) is 1. The Balaban J connectivity index is 3.02. The topological polar surface area (TPSA) is 75.6 Å². The summed E-state index contributed by atoms with van der Waals surface area (Å²) in [6, 6.07) is 4.07. The number of ether oxygens (including phenoxy) is 1. The molecule has 0 heterocycles. The fraction of sp³-hybridized carbons (Fsp3) is 0.333. The molecule has 0 atom stereocenters. The molecular formula is C12H14FNO4. The van der Waals surface area contributed by atoms with Gasteiger partial charge in [-0.3, -0.25) is 4.79 Å². The molecule has 0 aliphatic rings. The number of methoxy groups -OCH3 is 1. The minimum atomic E-state index is -1.48. The Morgan fingerprint density at radius 3 is 2.50 bits per heavy atom. The zero-order chi connectivity index (χ0) is 13.9. The molecule has 18 heavy (non-hydrogen) atoms. The zero-order valence-electron chi connectivity index (χ0n) is 10.3. The largest absolute Gasteiger partial charge is 0.494 e. The number of benzene rings is 1. The van der Waals surface area contributed by atoms with Crippen molar-refractivity contribution in [2.75, 3.05) is 7.11 Å². The molecule has 0 aliphatic carbocycles. The van der Waals surface area contributed by atoms with Crippen LogP contribution in [0.2, 0.25) is 0 Å². The van der Waals surface area contributed by atoms with Gasteiger partial charge in [-0.1, -0.05) is 6.07 Å². The van der Waals surface area contributed by atoms with Gasteiger partial charge in [-0.15, -0.1) is 0 Å². The fourth-order valence-electron chi connectivity index (χ4n) is 1.25. The van der Waals surface area contributed by atoms with Crippen LogP contribution in [0, 0.1) is 5.82 Å². The Hall–Kier alpha value is -2.11. The summed E-state index contributed by atoms with van der Waals surface area (Å²) in [6.45, 7) is 2.62. The average molecular weight is 255 g/mol. The smallest absolute Gasteiger partial charge is 0.328 e. The number of amides is 1. The van der Waals surface area contributed by atoms with E-state index in [9.17, 15) is 14.0 Å². The van der Waals surface area contributed by atoms with E-state index in [1.54, 1.807) is 0 Å². The van der Waals surface area contributed by atoms with E-state index in [0.717, 1.165) is 0 Å². The first-order chi connectivity index (χ1) is 8.29. The Bertz CT molecular complexity index is 485. The van der Waals surface area contributed by atoms with Crippen LogP contribution < -0.4 is 10.1 Å². The number of carbonyl (C=O) groups excluding carboxylic acids is 1. The molecule has 5 nitrogen and oxygen atoms in total. The maximum absolute atomic E-state index is 13.8. The van der Waals surface area contributed by atoms with Crippen LogP contribution in [0.5, 0.6) is 5.75 Å². The molecule has 0 radical (unpaired) electrons. The lowest BCUT2D eigenvalue weighted by molar-refractivity contribution is -0.143. The molecule has 98 valence electrons. The van der Waals surface area contributed by atoms with Crippen molar-refractivity contribution in [3.8, 4) is 5.75 Å². The SMILES string of the molecule is COc1cccc(C(=O)NC(C)(C)C(=O)O)c1F. The lowest BCUT2D eigenvalue weighted by atomic mass is 10.0. The quantitative estimate of drug-likeness (QED) is 0.853. The summed E-state index contributed by atoms with van der Waals surface area (Å²) in [5, 5.41) is 11.1. The van der Waals surface area contributed by atoms with Gasteiger partial charge in [0.15, 0.2) is 11.6 Å². The molecule has 1 amide bonds. The summed E-state index contributed by atoms with van der Waals surface area (Å²) in [4.78, 5) is 22.6. The molecule has 0 saturated heterocycles. The third kappa shape index (κ3) is 2.77. The van der Waals surface area contributed by atoms with Crippen LogP contribution in [0.4, 0.5) is 4.39 Å². The monoisotopic (exact) mass is 255 g/mol. The van der Waals surface area contributed by atoms with Gasteiger partial charge >= 0.3 is 5.97 Å². The van der Waals surface area contributed by atoms with Gasteiger partial charge in [0.2, 0.25) is 0 Å². The number of halogens is 1. The first-order valence-corrected chi connectivity index (χ1v) is 5.18. The number of hydrogen-bond donors (Lipinski definition) is 2. The first-order valence-electron chi connectivity index (χ1n) is 5.18. The van der Waals surface area contributed by atoms with Crippen molar-refractivity contribution >= 4 is 11.9 Å². The summed E-state index contributed by atoms with van der Waals surface area (Å²) in [6.07, 6.45) is 0. The van der Waals surface area contributed by atoms with Gasteiger partial charge in [-0.25, -0.2) is 9.18 Å². The summed E-state index contributed by atoms with van der Waals surface area (Å²) in [7, 11) is 1.28. The van der Waals surface area contributed by atoms with Crippen LogP contribution in [0.1, 0.15) is 24.2 Å². The van der Waals surface area contributed by atoms with Crippen molar-refractivity contribution in [1.82, 2.24) is 5.32 Å². The van der Waals surface area contributed by atoms with Crippen LogP contribution in [0.15, 0.2) is 18.2 Å².